The predicted molar refractivity (Wildman–Crippen MR) is 126 cm³/mol. The predicted octanol–water partition coefficient (Wildman–Crippen LogP) is 3.00. The van der Waals surface area contributed by atoms with Crippen molar-refractivity contribution in [3.05, 3.63) is 59.7 Å². The Morgan fingerprint density at radius 3 is 2.42 bits per heavy atom. The first kappa shape index (κ1) is 23.3. The molecular formula is C22H31N3O4SSi. The molecular weight excluding hydrogens is 430 g/mol. The summed E-state index contributed by atoms with van der Waals surface area (Å²) in [6.07, 6.45) is 0.649. The van der Waals surface area contributed by atoms with Crippen LogP contribution in [-0.4, -0.2) is 46.3 Å². The second kappa shape index (κ2) is 9.42. The molecule has 1 aliphatic heterocycles. The van der Waals surface area contributed by atoms with Crippen molar-refractivity contribution in [1.29, 1.82) is 0 Å². The number of anilines is 1. The van der Waals surface area contributed by atoms with Crippen LogP contribution >= 0.6 is 0 Å². The van der Waals surface area contributed by atoms with Gasteiger partial charge in [-0.1, -0.05) is 56.0 Å². The fourth-order valence-electron chi connectivity index (χ4n) is 3.36. The van der Waals surface area contributed by atoms with Crippen LogP contribution in [-0.2, 0) is 28.0 Å². The van der Waals surface area contributed by atoms with Crippen LogP contribution in [0.1, 0.15) is 11.1 Å². The standard InChI is InChI=1S/C22H31N3O4SSi/c1-31(2,3)14-13-24-22(26)16-25(30(24,27)28)20-10-9-18(11-12-23)15-21(20)29-17-19-7-5-4-6-8-19/h4-10,15H,11-14,16-17,23H2,1-3H3. The van der Waals surface area contributed by atoms with Gasteiger partial charge in [0, 0.05) is 14.6 Å². The molecule has 1 aliphatic rings. The summed E-state index contributed by atoms with van der Waals surface area (Å²) in [5, 5.41) is 0. The maximum absolute atomic E-state index is 13.2. The number of hydrogen-bond acceptors (Lipinski definition) is 5. The van der Waals surface area contributed by atoms with Crippen molar-refractivity contribution < 1.29 is 17.9 Å². The summed E-state index contributed by atoms with van der Waals surface area (Å²) in [6, 6.07) is 15.7. The van der Waals surface area contributed by atoms with Gasteiger partial charge in [0.1, 0.15) is 18.9 Å². The van der Waals surface area contributed by atoms with Crippen LogP contribution in [0.4, 0.5) is 5.69 Å². The topological polar surface area (TPSA) is 92.9 Å². The average molecular weight is 462 g/mol. The van der Waals surface area contributed by atoms with E-state index in [1.807, 2.05) is 42.5 Å². The van der Waals surface area contributed by atoms with Crippen molar-refractivity contribution in [1.82, 2.24) is 4.31 Å². The Hall–Kier alpha value is -2.36. The summed E-state index contributed by atoms with van der Waals surface area (Å²) in [5.41, 5.74) is 7.98. The highest BCUT2D eigenvalue weighted by atomic mass is 32.2. The Kier molecular flexibility index (Phi) is 7.08. The van der Waals surface area contributed by atoms with E-state index in [2.05, 4.69) is 19.6 Å². The van der Waals surface area contributed by atoms with Crippen molar-refractivity contribution in [2.45, 2.75) is 38.7 Å². The highest BCUT2D eigenvalue weighted by molar-refractivity contribution is 7.91. The van der Waals surface area contributed by atoms with Gasteiger partial charge in [-0.3, -0.25) is 4.79 Å². The minimum atomic E-state index is -3.95. The first-order valence-corrected chi connectivity index (χ1v) is 15.6. The molecule has 9 heteroatoms. The first-order chi connectivity index (χ1) is 14.6. The van der Waals surface area contributed by atoms with Crippen molar-refractivity contribution in [2.75, 3.05) is 23.9 Å². The highest BCUT2D eigenvalue weighted by Crippen LogP contribution is 2.36. The summed E-state index contributed by atoms with van der Waals surface area (Å²) >= 11 is 0. The number of carbonyl (C=O) groups is 1. The molecule has 2 aromatic carbocycles. The number of benzene rings is 2. The Bertz CT molecular complexity index is 1020. The van der Waals surface area contributed by atoms with Gasteiger partial charge in [0.2, 0.25) is 0 Å². The van der Waals surface area contributed by atoms with Gasteiger partial charge >= 0.3 is 10.2 Å². The fraction of sp³-hybridized carbons (Fsp3) is 0.409. The highest BCUT2D eigenvalue weighted by Gasteiger charge is 2.43. The van der Waals surface area contributed by atoms with Gasteiger partial charge in [-0.05, 0) is 42.3 Å². The maximum Gasteiger partial charge on any atom is 0.329 e. The van der Waals surface area contributed by atoms with Crippen molar-refractivity contribution in [3.8, 4) is 5.75 Å². The third kappa shape index (κ3) is 5.66. The lowest BCUT2D eigenvalue weighted by atomic mass is 10.1. The van der Waals surface area contributed by atoms with Crippen molar-refractivity contribution in [2.24, 2.45) is 5.73 Å². The van der Waals surface area contributed by atoms with Gasteiger partial charge in [0.15, 0.2) is 0 Å². The van der Waals surface area contributed by atoms with E-state index in [1.54, 1.807) is 6.07 Å². The van der Waals surface area contributed by atoms with E-state index in [4.69, 9.17) is 10.5 Å². The fourth-order valence-corrected chi connectivity index (χ4v) is 5.96. The number of carbonyl (C=O) groups excluding carboxylic acids is 1. The normalized spacial score (nSPS) is 16.1. The van der Waals surface area contributed by atoms with Gasteiger partial charge in [0.05, 0.1) is 5.69 Å². The van der Waals surface area contributed by atoms with E-state index in [0.29, 0.717) is 31.0 Å². The van der Waals surface area contributed by atoms with Crippen LogP contribution in [0.3, 0.4) is 0 Å². The Morgan fingerprint density at radius 1 is 1.06 bits per heavy atom. The van der Waals surface area contributed by atoms with E-state index in [-0.39, 0.29) is 13.1 Å². The minimum absolute atomic E-state index is 0.216. The van der Waals surface area contributed by atoms with Crippen molar-refractivity contribution in [3.63, 3.8) is 0 Å². The van der Waals surface area contributed by atoms with E-state index >= 15 is 0 Å². The molecule has 2 aromatic rings. The van der Waals surface area contributed by atoms with Crippen LogP contribution in [0.5, 0.6) is 5.75 Å². The minimum Gasteiger partial charge on any atom is -0.487 e. The molecule has 0 atom stereocenters. The number of ether oxygens (including phenoxy) is 1. The van der Waals surface area contributed by atoms with E-state index in [9.17, 15) is 13.2 Å². The number of nitrogens with two attached hydrogens (primary N) is 1. The number of amides is 1. The lowest BCUT2D eigenvalue weighted by molar-refractivity contribution is -0.123. The molecule has 1 heterocycles. The van der Waals surface area contributed by atoms with Crippen LogP contribution in [0.25, 0.3) is 0 Å². The Labute approximate surface area is 186 Å². The molecule has 31 heavy (non-hydrogen) atoms. The number of hydrogen-bond donors (Lipinski definition) is 1. The quantitative estimate of drug-likeness (QED) is 0.580. The van der Waals surface area contributed by atoms with Crippen LogP contribution in [0.15, 0.2) is 48.5 Å². The molecule has 0 spiro atoms. The van der Waals surface area contributed by atoms with Crippen LogP contribution in [0.2, 0.25) is 25.7 Å². The molecule has 2 N–H and O–H groups in total. The van der Waals surface area contributed by atoms with E-state index < -0.39 is 24.2 Å². The van der Waals surface area contributed by atoms with Crippen LogP contribution in [0, 0.1) is 0 Å². The molecule has 0 aliphatic carbocycles. The SMILES string of the molecule is C[Si](C)(C)CCN1C(=O)CN(c2ccc(CCN)cc2OCc2ccccc2)S1(=O)=O. The van der Waals surface area contributed by atoms with Crippen molar-refractivity contribution >= 4 is 29.9 Å². The average Bonchev–Trinajstić information content (AvgIpc) is 2.93. The molecule has 0 aromatic heterocycles. The summed E-state index contributed by atoms with van der Waals surface area (Å²) in [7, 11) is -5.46. The maximum atomic E-state index is 13.2. The first-order valence-electron chi connectivity index (χ1n) is 10.4. The molecule has 7 nitrogen and oxygen atoms in total. The van der Waals surface area contributed by atoms with Gasteiger partial charge < -0.3 is 10.5 Å². The third-order valence-corrected chi connectivity index (χ3v) is 8.69. The smallest absolute Gasteiger partial charge is 0.329 e. The summed E-state index contributed by atoms with van der Waals surface area (Å²) in [6.45, 7) is 7.24. The van der Waals surface area contributed by atoms with E-state index in [1.165, 1.54) is 0 Å². The zero-order chi connectivity index (χ0) is 22.6. The molecule has 0 radical (unpaired) electrons. The zero-order valence-electron chi connectivity index (χ0n) is 18.4. The Morgan fingerprint density at radius 2 is 1.77 bits per heavy atom. The lowest BCUT2D eigenvalue weighted by Crippen LogP contribution is -2.37. The molecule has 168 valence electrons. The van der Waals surface area contributed by atoms with Gasteiger partial charge in [-0.2, -0.15) is 8.42 Å². The Balaban J connectivity index is 1.90. The monoisotopic (exact) mass is 461 g/mol. The molecule has 0 saturated carbocycles. The third-order valence-electron chi connectivity index (χ3n) is 5.14. The summed E-state index contributed by atoms with van der Waals surface area (Å²) in [5.74, 6) is 0.0246. The molecule has 0 unspecified atom stereocenters. The number of nitrogens with zero attached hydrogens (tertiary/aromatic N) is 2. The van der Waals surface area contributed by atoms with E-state index in [0.717, 1.165) is 25.8 Å². The zero-order valence-corrected chi connectivity index (χ0v) is 20.2. The second-order valence-corrected chi connectivity index (χ2v) is 16.3. The second-order valence-electron chi connectivity index (χ2n) is 8.91. The van der Waals surface area contributed by atoms with Gasteiger partial charge in [-0.15, -0.1) is 0 Å². The van der Waals surface area contributed by atoms with Gasteiger partial charge in [0.25, 0.3) is 5.91 Å². The molecule has 1 amide bonds. The molecule has 1 saturated heterocycles. The summed E-state index contributed by atoms with van der Waals surface area (Å²) in [4.78, 5) is 12.6. The van der Waals surface area contributed by atoms with Crippen LogP contribution < -0.4 is 14.8 Å². The molecule has 3 rings (SSSR count). The van der Waals surface area contributed by atoms with Gasteiger partial charge in [-0.25, -0.2) is 8.61 Å². The number of rotatable bonds is 9. The molecule has 0 bridgehead atoms. The largest absolute Gasteiger partial charge is 0.487 e. The summed E-state index contributed by atoms with van der Waals surface area (Å²) < 4.78 is 34.7. The lowest BCUT2D eigenvalue weighted by Gasteiger charge is -2.24. The molecule has 1 fully saturated rings.